The van der Waals surface area contributed by atoms with E-state index in [1.165, 1.54) is 66.1 Å². The van der Waals surface area contributed by atoms with Crippen LogP contribution in [0.15, 0.2) is 24.5 Å². The minimum atomic E-state index is 0.855. The van der Waals surface area contributed by atoms with Gasteiger partial charge >= 0.3 is 0 Å². The lowest BCUT2D eigenvalue weighted by atomic mass is 9.91. The molecule has 1 saturated carbocycles. The molecule has 160 valence electrons. The van der Waals surface area contributed by atoms with E-state index >= 15 is 0 Å². The highest BCUT2D eigenvalue weighted by Crippen LogP contribution is 2.29. The Labute approximate surface area is 181 Å². The van der Waals surface area contributed by atoms with Crippen LogP contribution in [-0.2, 0) is 19.4 Å². The third kappa shape index (κ3) is 4.10. The van der Waals surface area contributed by atoms with E-state index in [-0.39, 0.29) is 0 Å². The van der Waals surface area contributed by atoms with Crippen LogP contribution in [0.3, 0.4) is 0 Å². The summed E-state index contributed by atoms with van der Waals surface area (Å²) in [6.45, 7) is 12.2. The molecule has 0 bridgehead atoms. The predicted octanol–water partition coefficient (Wildman–Crippen LogP) is 3.37. The number of piperazine rings is 1. The molecule has 0 amide bonds. The molecule has 1 aliphatic carbocycles. The minimum absolute atomic E-state index is 0.855. The second-order valence-corrected chi connectivity index (χ2v) is 9.43. The molecule has 3 heterocycles. The molecule has 0 unspecified atom stereocenters. The van der Waals surface area contributed by atoms with Crippen LogP contribution in [0.2, 0.25) is 0 Å². The minimum Gasteiger partial charge on any atom is -0.354 e. The largest absolute Gasteiger partial charge is 0.354 e. The van der Waals surface area contributed by atoms with Gasteiger partial charge in [-0.15, -0.1) is 0 Å². The number of hydrogen-bond acceptors (Lipinski definition) is 5. The van der Waals surface area contributed by atoms with Crippen molar-refractivity contribution in [2.75, 3.05) is 44.2 Å². The second-order valence-electron chi connectivity index (χ2n) is 9.43. The molecular formula is C25H35N5. The van der Waals surface area contributed by atoms with Crippen LogP contribution in [0.5, 0.6) is 0 Å². The molecular weight excluding hydrogens is 370 g/mol. The number of rotatable bonds is 4. The first-order valence-electron chi connectivity index (χ1n) is 11.8. The molecule has 2 fully saturated rings. The Kier molecular flexibility index (Phi) is 5.74. The number of aryl methyl sites for hydroxylation is 2. The molecule has 2 aromatic rings. The molecule has 0 radical (unpaired) electrons. The van der Waals surface area contributed by atoms with E-state index in [2.05, 4.69) is 46.7 Å². The molecule has 0 N–H and O–H groups in total. The molecule has 30 heavy (non-hydrogen) atoms. The van der Waals surface area contributed by atoms with Crippen LogP contribution in [-0.4, -0.2) is 65.1 Å². The molecule has 5 nitrogen and oxygen atoms in total. The first kappa shape index (κ1) is 20.0. The summed E-state index contributed by atoms with van der Waals surface area (Å²) in [7, 11) is 0. The Morgan fingerprint density at radius 2 is 1.70 bits per heavy atom. The maximum absolute atomic E-state index is 4.77. The van der Waals surface area contributed by atoms with Gasteiger partial charge in [0.05, 0.1) is 5.69 Å². The number of aromatic nitrogens is 2. The summed E-state index contributed by atoms with van der Waals surface area (Å²) in [4.78, 5) is 17.3. The van der Waals surface area contributed by atoms with Gasteiger partial charge in [-0.3, -0.25) is 9.80 Å². The number of benzene rings is 1. The van der Waals surface area contributed by atoms with Crippen LogP contribution in [0.1, 0.15) is 47.2 Å². The smallest absolute Gasteiger partial charge is 0.135 e. The highest BCUT2D eigenvalue weighted by Gasteiger charge is 2.29. The summed E-state index contributed by atoms with van der Waals surface area (Å²) in [5.74, 6) is 1.21. The van der Waals surface area contributed by atoms with Gasteiger partial charge in [0.25, 0.3) is 0 Å². The van der Waals surface area contributed by atoms with E-state index in [4.69, 9.17) is 9.97 Å². The number of anilines is 1. The van der Waals surface area contributed by atoms with Crippen molar-refractivity contribution in [3.05, 3.63) is 52.5 Å². The quantitative estimate of drug-likeness (QED) is 0.779. The standard InChI is InChI=1S/C25H35N5/c1-19-6-7-21(16-20(19)2)17-28-10-8-23-24(9-11-28)26-18-27-25(23)30-14-12-29(13-15-30)22-4-3-5-22/h6-7,16,18,22H,3-5,8-15,17H2,1-2H3. The lowest BCUT2D eigenvalue weighted by Gasteiger charge is -2.43. The fourth-order valence-electron chi connectivity index (χ4n) is 5.20. The Morgan fingerprint density at radius 1 is 0.900 bits per heavy atom. The molecule has 0 spiro atoms. The van der Waals surface area contributed by atoms with Crippen molar-refractivity contribution in [1.29, 1.82) is 0 Å². The van der Waals surface area contributed by atoms with Crippen LogP contribution >= 0.6 is 0 Å². The number of hydrogen-bond donors (Lipinski definition) is 0. The van der Waals surface area contributed by atoms with Gasteiger partial charge in [0.1, 0.15) is 12.1 Å². The Hall–Kier alpha value is -1.98. The zero-order valence-corrected chi connectivity index (χ0v) is 18.6. The molecule has 1 aromatic carbocycles. The molecule has 1 aromatic heterocycles. The van der Waals surface area contributed by atoms with Crippen LogP contribution < -0.4 is 4.90 Å². The van der Waals surface area contributed by atoms with E-state index in [9.17, 15) is 0 Å². The van der Waals surface area contributed by atoms with E-state index < -0.39 is 0 Å². The molecule has 3 aliphatic rings. The average molecular weight is 406 g/mol. The summed E-state index contributed by atoms with van der Waals surface area (Å²) in [5, 5.41) is 0. The lowest BCUT2D eigenvalue weighted by Crippen LogP contribution is -2.52. The molecule has 1 saturated heterocycles. The van der Waals surface area contributed by atoms with E-state index in [1.54, 1.807) is 6.33 Å². The van der Waals surface area contributed by atoms with Gasteiger partial charge in [-0.05, 0) is 49.8 Å². The van der Waals surface area contributed by atoms with Gasteiger partial charge in [0.2, 0.25) is 0 Å². The molecule has 0 atom stereocenters. The highest BCUT2D eigenvalue weighted by molar-refractivity contribution is 5.50. The van der Waals surface area contributed by atoms with Crippen molar-refractivity contribution >= 4 is 5.82 Å². The molecule has 2 aliphatic heterocycles. The van der Waals surface area contributed by atoms with Gasteiger partial charge in [-0.2, -0.15) is 0 Å². The van der Waals surface area contributed by atoms with Crippen LogP contribution in [0.25, 0.3) is 0 Å². The summed E-state index contributed by atoms with van der Waals surface area (Å²) < 4.78 is 0. The normalized spacial score (nSPS) is 21.2. The zero-order chi connectivity index (χ0) is 20.5. The van der Waals surface area contributed by atoms with Crippen molar-refractivity contribution in [2.45, 2.75) is 58.5 Å². The van der Waals surface area contributed by atoms with Gasteiger partial charge in [-0.25, -0.2) is 9.97 Å². The predicted molar refractivity (Wildman–Crippen MR) is 122 cm³/mol. The monoisotopic (exact) mass is 405 g/mol. The summed E-state index contributed by atoms with van der Waals surface area (Å²) in [5.41, 5.74) is 6.85. The number of fused-ring (bicyclic) bond motifs is 1. The average Bonchev–Trinajstić information content (AvgIpc) is 2.93. The van der Waals surface area contributed by atoms with E-state index in [0.29, 0.717) is 0 Å². The zero-order valence-electron chi connectivity index (χ0n) is 18.6. The Morgan fingerprint density at radius 3 is 2.43 bits per heavy atom. The molecule has 5 heteroatoms. The van der Waals surface area contributed by atoms with Crippen molar-refractivity contribution in [1.82, 2.24) is 19.8 Å². The fraction of sp³-hybridized carbons (Fsp3) is 0.600. The van der Waals surface area contributed by atoms with Crippen molar-refractivity contribution < 1.29 is 0 Å². The van der Waals surface area contributed by atoms with Crippen molar-refractivity contribution in [2.24, 2.45) is 0 Å². The van der Waals surface area contributed by atoms with Gasteiger partial charge < -0.3 is 4.90 Å². The summed E-state index contributed by atoms with van der Waals surface area (Å²) >= 11 is 0. The first-order chi connectivity index (χ1) is 14.7. The van der Waals surface area contributed by atoms with Gasteiger partial charge in [-0.1, -0.05) is 24.6 Å². The molecule has 5 rings (SSSR count). The second kappa shape index (κ2) is 8.64. The SMILES string of the molecule is Cc1ccc(CN2CCc3ncnc(N4CCN(C5CCC5)CC4)c3CC2)cc1C. The van der Waals surface area contributed by atoms with Crippen LogP contribution in [0.4, 0.5) is 5.82 Å². The number of nitrogens with zero attached hydrogens (tertiary/aromatic N) is 5. The third-order valence-electron chi connectivity index (χ3n) is 7.54. The van der Waals surface area contributed by atoms with E-state index in [0.717, 1.165) is 51.6 Å². The summed E-state index contributed by atoms with van der Waals surface area (Å²) in [6, 6.07) is 7.74. The highest BCUT2D eigenvalue weighted by atomic mass is 15.3. The Bertz CT molecular complexity index is 883. The summed E-state index contributed by atoms with van der Waals surface area (Å²) in [6.07, 6.45) is 8.10. The van der Waals surface area contributed by atoms with Crippen molar-refractivity contribution in [3.8, 4) is 0 Å². The maximum atomic E-state index is 4.77. The van der Waals surface area contributed by atoms with Gasteiger partial charge in [0.15, 0.2) is 0 Å². The Balaban J connectivity index is 1.25. The maximum Gasteiger partial charge on any atom is 0.135 e. The lowest BCUT2D eigenvalue weighted by molar-refractivity contribution is 0.120. The van der Waals surface area contributed by atoms with Gasteiger partial charge in [0, 0.05) is 63.8 Å². The fourth-order valence-corrected chi connectivity index (χ4v) is 5.20. The van der Waals surface area contributed by atoms with Crippen molar-refractivity contribution in [3.63, 3.8) is 0 Å². The van der Waals surface area contributed by atoms with E-state index in [1.807, 2.05) is 0 Å². The third-order valence-corrected chi connectivity index (χ3v) is 7.54. The van der Waals surface area contributed by atoms with Crippen LogP contribution in [0, 0.1) is 13.8 Å². The first-order valence-corrected chi connectivity index (χ1v) is 11.8. The topological polar surface area (TPSA) is 35.5 Å².